The Hall–Kier alpha value is -1.75. The van der Waals surface area contributed by atoms with Crippen LogP contribution in [0.2, 0.25) is 0 Å². The molecule has 0 heterocycles. The highest BCUT2D eigenvalue weighted by Crippen LogP contribution is 2.18. The molecule has 0 saturated heterocycles. The number of phenolic OH excluding ortho intramolecular Hbond substituents is 1. The largest absolute Gasteiger partial charge is 0.508 e. The van der Waals surface area contributed by atoms with E-state index in [0.717, 1.165) is 0 Å². The van der Waals surface area contributed by atoms with Crippen LogP contribution in [0.15, 0.2) is 18.2 Å². The number of nitrogens with two attached hydrogens (primary N) is 1. The van der Waals surface area contributed by atoms with E-state index in [4.69, 9.17) is 5.73 Å². The van der Waals surface area contributed by atoms with Gasteiger partial charge < -0.3 is 21.3 Å². The van der Waals surface area contributed by atoms with E-state index in [1.54, 1.807) is 13.8 Å². The van der Waals surface area contributed by atoms with Crippen LogP contribution in [0, 0.1) is 0 Å². The van der Waals surface area contributed by atoms with Gasteiger partial charge in [0.25, 0.3) is 5.91 Å². The van der Waals surface area contributed by atoms with Gasteiger partial charge in [-0.3, -0.25) is 4.79 Å². The molecular formula is C11H16N2O3. The Bertz CT molecular complexity index is 397. The Kier molecular flexibility index (Phi) is 3.39. The van der Waals surface area contributed by atoms with Crippen LogP contribution in [0.5, 0.6) is 5.75 Å². The third kappa shape index (κ3) is 3.43. The van der Waals surface area contributed by atoms with Gasteiger partial charge in [0.2, 0.25) is 0 Å². The number of phenols is 1. The van der Waals surface area contributed by atoms with Crippen LogP contribution in [0.1, 0.15) is 24.2 Å². The van der Waals surface area contributed by atoms with E-state index >= 15 is 0 Å². The molecule has 1 rings (SSSR count). The molecule has 5 N–H and O–H groups in total. The third-order valence-corrected chi connectivity index (χ3v) is 1.96. The highest BCUT2D eigenvalue weighted by molar-refractivity contribution is 5.99. The number of aromatic hydroxyl groups is 1. The zero-order valence-corrected chi connectivity index (χ0v) is 9.32. The minimum absolute atomic E-state index is 0.0254. The molecule has 16 heavy (non-hydrogen) atoms. The molecule has 0 fully saturated rings. The lowest BCUT2D eigenvalue weighted by Gasteiger charge is -2.18. The maximum absolute atomic E-state index is 11.7. The SMILES string of the molecule is CC(C)(O)CNC(=O)c1cc(O)ccc1N. The van der Waals surface area contributed by atoms with Crippen LogP contribution in [-0.2, 0) is 0 Å². The summed E-state index contributed by atoms with van der Waals surface area (Å²) in [4.78, 5) is 11.7. The molecule has 0 aliphatic rings. The summed E-state index contributed by atoms with van der Waals surface area (Å²) in [6.07, 6.45) is 0. The van der Waals surface area contributed by atoms with Gasteiger partial charge >= 0.3 is 0 Å². The number of benzene rings is 1. The van der Waals surface area contributed by atoms with Crippen molar-refractivity contribution < 1.29 is 15.0 Å². The Morgan fingerprint density at radius 3 is 2.69 bits per heavy atom. The second kappa shape index (κ2) is 4.40. The molecule has 0 atom stereocenters. The first-order valence-corrected chi connectivity index (χ1v) is 4.89. The standard InChI is InChI=1S/C11H16N2O3/c1-11(2,16)6-13-10(15)8-5-7(14)3-4-9(8)12/h3-5,14,16H,6,12H2,1-2H3,(H,13,15). The molecule has 1 amide bonds. The molecule has 0 bridgehead atoms. The molecule has 1 aromatic rings. The van der Waals surface area contributed by atoms with Gasteiger partial charge in [-0.15, -0.1) is 0 Å². The lowest BCUT2D eigenvalue weighted by molar-refractivity contribution is 0.0694. The van der Waals surface area contributed by atoms with Crippen LogP contribution in [0.4, 0.5) is 5.69 Å². The number of rotatable bonds is 3. The Morgan fingerprint density at radius 1 is 1.50 bits per heavy atom. The summed E-state index contributed by atoms with van der Waals surface area (Å²) in [5.74, 6) is -0.446. The van der Waals surface area contributed by atoms with Gasteiger partial charge in [-0.2, -0.15) is 0 Å². The van der Waals surface area contributed by atoms with Crippen molar-refractivity contribution in [1.82, 2.24) is 5.32 Å². The molecule has 88 valence electrons. The number of hydrogen-bond acceptors (Lipinski definition) is 4. The number of nitrogens with one attached hydrogen (secondary N) is 1. The van der Waals surface area contributed by atoms with E-state index in [1.165, 1.54) is 18.2 Å². The van der Waals surface area contributed by atoms with Crippen LogP contribution in [0.3, 0.4) is 0 Å². The molecule has 0 radical (unpaired) electrons. The van der Waals surface area contributed by atoms with E-state index < -0.39 is 11.5 Å². The predicted octanol–water partition coefficient (Wildman–Crippen LogP) is 0.475. The van der Waals surface area contributed by atoms with Gasteiger partial charge in [-0.1, -0.05) is 0 Å². The minimum atomic E-state index is -0.985. The quantitative estimate of drug-likeness (QED) is 0.443. The van der Waals surface area contributed by atoms with Crippen LogP contribution in [0.25, 0.3) is 0 Å². The van der Waals surface area contributed by atoms with Crippen molar-refractivity contribution in [1.29, 1.82) is 0 Å². The van der Waals surface area contributed by atoms with E-state index in [9.17, 15) is 15.0 Å². The fourth-order valence-electron chi connectivity index (χ4n) is 1.13. The molecule has 0 spiro atoms. The first-order chi connectivity index (χ1) is 7.29. The first-order valence-electron chi connectivity index (χ1n) is 4.89. The van der Waals surface area contributed by atoms with E-state index in [2.05, 4.69) is 5.32 Å². The van der Waals surface area contributed by atoms with Gasteiger partial charge in [0, 0.05) is 12.2 Å². The number of carbonyl (C=O) groups is 1. The number of carbonyl (C=O) groups excluding carboxylic acids is 1. The minimum Gasteiger partial charge on any atom is -0.508 e. The average Bonchev–Trinajstić information content (AvgIpc) is 2.17. The summed E-state index contributed by atoms with van der Waals surface area (Å²) < 4.78 is 0. The fourth-order valence-corrected chi connectivity index (χ4v) is 1.13. The highest BCUT2D eigenvalue weighted by Gasteiger charge is 2.16. The zero-order valence-electron chi connectivity index (χ0n) is 9.32. The predicted molar refractivity (Wildman–Crippen MR) is 61.2 cm³/mol. The lowest BCUT2D eigenvalue weighted by atomic mass is 10.1. The molecular weight excluding hydrogens is 208 g/mol. The highest BCUT2D eigenvalue weighted by atomic mass is 16.3. The molecule has 0 saturated carbocycles. The summed E-state index contributed by atoms with van der Waals surface area (Å²) in [6.45, 7) is 3.28. The second-order valence-electron chi connectivity index (χ2n) is 4.27. The second-order valence-corrected chi connectivity index (χ2v) is 4.27. The topological polar surface area (TPSA) is 95.6 Å². The smallest absolute Gasteiger partial charge is 0.253 e. The van der Waals surface area contributed by atoms with Crippen molar-refractivity contribution in [2.75, 3.05) is 12.3 Å². The van der Waals surface area contributed by atoms with Gasteiger partial charge in [-0.25, -0.2) is 0 Å². The van der Waals surface area contributed by atoms with Gasteiger partial charge in [0.1, 0.15) is 5.75 Å². The van der Waals surface area contributed by atoms with Crippen LogP contribution < -0.4 is 11.1 Å². The molecule has 5 nitrogen and oxygen atoms in total. The Labute approximate surface area is 93.9 Å². The summed E-state index contributed by atoms with van der Waals surface area (Å²) in [6, 6.07) is 4.14. The fraction of sp³-hybridized carbons (Fsp3) is 0.364. The first kappa shape index (κ1) is 12.3. The van der Waals surface area contributed by atoms with Crippen molar-refractivity contribution in [3.8, 4) is 5.75 Å². The van der Waals surface area contributed by atoms with E-state index in [1.807, 2.05) is 0 Å². The van der Waals surface area contributed by atoms with Gasteiger partial charge in [-0.05, 0) is 32.0 Å². The average molecular weight is 224 g/mol. The maximum atomic E-state index is 11.7. The maximum Gasteiger partial charge on any atom is 0.253 e. The van der Waals surface area contributed by atoms with Crippen LogP contribution in [-0.4, -0.2) is 28.3 Å². The number of aliphatic hydroxyl groups is 1. The summed E-state index contributed by atoms with van der Waals surface area (Å²) in [5.41, 5.74) is 5.09. The van der Waals surface area contributed by atoms with Crippen molar-refractivity contribution >= 4 is 11.6 Å². The van der Waals surface area contributed by atoms with E-state index in [0.29, 0.717) is 0 Å². The van der Waals surface area contributed by atoms with Crippen molar-refractivity contribution in [2.24, 2.45) is 0 Å². The van der Waals surface area contributed by atoms with Crippen LogP contribution >= 0.6 is 0 Å². The van der Waals surface area contributed by atoms with Crippen molar-refractivity contribution in [3.05, 3.63) is 23.8 Å². The molecule has 5 heteroatoms. The Morgan fingerprint density at radius 2 is 2.12 bits per heavy atom. The summed E-state index contributed by atoms with van der Waals surface area (Å²) in [5, 5.41) is 21.2. The lowest BCUT2D eigenvalue weighted by Crippen LogP contribution is -2.38. The van der Waals surface area contributed by atoms with Gasteiger partial charge in [0.15, 0.2) is 0 Å². The number of hydrogen-bond donors (Lipinski definition) is 4. The molecule has 0 unspecified atom stereocenters. The number of amides is 1. The monoisotopic (exact) mass is 224 g/mol. The van der Waals surface area contributed by atoms with E-state index in [-0.39, 0.29) is 23.5 Å². The normalized spacial score (nSPS) is 11.2. The summed E-state index contributed by atoms with van der Waals surface area (Å²) >= 11 is 0. The molecule has 0 aliphatic heterocycles. The number of nitrogen functional groups attached to an aromatic ring is 1. The number of anilines is 1. The zero-order chi connectivity index (χ0) is 12.3. The van der Waals surface area contributed by atoms with Crippen molar-refractivity contribution in [3.63, 3.8) is 0 Å². The third-order valence-electron chi connectivity index (χ3n) is 1.96. The molecule has 0 aliphatic carbocycles. The molecule has 0 aromatic heterocycles. The van der Waals surface area contributed by atoms with Crippen molar-refractivity contribution in [2.45, 2.75) is 19.4 Å². The molecule has 1 aromatic carbocycles. The summed E-state index contributed by atoms with van der Waals surface area (Å²) in [7, 11) is 0. The van der Waals surface area contributed by atoms with Gasteiger partial charge in [0.05, 0.1) is 11.2 Å². The Balaban J connectivity index is 2.77.